The van der Waals surface area contributed by atoms with Gasteiger partial charge in [-0.3, -0.25) is 0 Å². The van der Waals surface area contributed by atoms with E-state index in [0.29, 0.717) is 0 Å². The summed E-state index contributed by atoms with van der Waals surface area (Å²) in [5.74, 6) is -1.65. The average Bonchev–Trinajstić information content (AvgIpc) is 2.20. The topological polar surface area (TPSA) is 83.5 Å². The number of halogens is 3. The highest BCUT2D eigenvalue weighted by Crippen LogP contribution is 2.31. The van der Waals surface area contributed by atoms with E-state index in [9.17, 15) is 18.7 Å². The standard InChI is InChI=1S/C10H11F2NO3.ClH/c1-4-2-5(10(15)16)3-6(8(4)14)7(13)9(11)12;/h2-3,7,9,14H,13H2,1H3,(H,15,16);1H/t7-;/m0./s1. The van der Waals surface area contributed by atoms with Crippen LogP contribution in [-0.4, -0.2) is 22.6 Å². The zero-order valence-corrected chi connectivity index (χ0v) is 9.67. The maximum atomic E-state index is 12.4. The number of nitrogens with two attached hydrogens (primary N) is 1. The molecule has 4 N–H and O–H groups in total. The molecule has 0 fully saturated rings. The van der Waals surface area contributed by atoms with Gasteiger partial charge in [0.1, 0.15) is 5.75 Å². The van der Waals surface area contributed by atoms with Gasteiger partial charge < -0.3 is 15.9 Å². The Kier molecular flexibility index (Phi) is 5.31. The molecule has 17 heavy (non-hydrogen) atoms. The Hall–Kier alpha value is -1.40. The van der Waals surface area contributed by atoms with Crippen molar-refractivity contribution >= 4 is 18.4 Å². The molecule has 0 heterocycles. The van der Waals surface area contributed by atoms with Crippen molar-refractivity contribution in [1.29, 1.82) is 0 Å². The lowest BCUT2D eigenvalue weighted by Gasteiger charge is -2.15. The van der Waals surface area contributed by atoms with Crippen LogP contribution in [0.4, 0.5) is 8.78 Å². The Bertz CT molecular complexity index is 426. The largest absolute Gasteiger partial charge is 0.507 e. The van der Waals surface area contributed by atoms with Crippen LogP contribution in [0.5, 0.6) is 5.75 Å². The third kappa shape index (κ3) is 3.28. The number of aryl methyl sites for hydroxylation is 1. The number of carbonyl (C=O) groups is 1. The van der Waals surface area contributed by atoms with E-state index in [1.54, 1.807) is 0 Å². The average molecular weight is 268 g/mol. The summed E-state index contributed by atoms with van der Waals surface area (Å²) < 4.78 is 24.8. The van der Waals surface area contributed by atoms with Crippen molar-refractivity contribution in [2.24, 2.45) is 5.73 Å². The van der Waals surface area contributed by atoms with Crippen molar-refractivity contribution in [3.05, 3.63) is 28.8 Å². The lowest BCUT2D eigenvalue weighted by molar-refractivity contribution is 0.0695. The van der Waals surface area contributed by atoms with E-state index < -0.39 is 24.2 Å². The van der Waals surface area contributed by atoms with Crippen LogP contribution in [0, 0.1) is 6.92 Å². The number of hydrogen-bond acceptors (Lipinski definition) is 3. The molecule has 0 amide bonds. The molecule has 0 saturated carbocycles. The lowest BCUT2D eigenvalue weighted by Crippen LogP contribution is -2.19. The monoisotopic (exact) mass is 267 g/mol. The molecular weight excluding hydrogens is 256 g/mol. The van der Waals surface area contributed by atoms with Crippen LogP contribution in [0.15, 0.2) is 12.1 Å². The number of aromatic hydroxyl groups is 1. The summed E-state index contributed by atoms with van der Waals surface area (Å²) in [6.45, 7) is 1.42. The van der Waals surface area contributed by atoms with E-state index in [4.69, 9.17) is 10.8 Å². The van der Waals surface area contributed by atoms with E-state index in [0.717, 1.165) is 6.07 Å². The fraction of sp³-hybridized carbons (Fsp3) is 0.300. The number of phenolic OH excluding ortho intramolecular Hbond substituents is 1. The molecule has 0 aliphatic carbocycles. The van der Waals surface area contributed by atoms with E-state index in [2.05, 4.69) is 0 Å². The van der Waals surface area contributed by atoms with Gasteiger partial charge in [-0.2, -0.15) is 0 Å². The first-order valence-electron chi connectivity index (χ1n) is 4.45. The summed E-state index contributed by atoms with van der Waals surface area (Å²) in [6, 6.07) is 0.457. The van der Waals surface area contributed by atoms with Gasteiger partial charge in [0.25, 0.3) is 6.43 Å². The van der Waals surface area contributed by atoms with Gasteiger partial charge in [0.05, 0.1) is 11.6 Å². The van der Waals surface area contributed by atoms with Gasteiger partial charge in [0, 0.05) is 5.56 Å². The summed E-state index contributed by atoms with van der Waals surface area (Å²) >= 11 is 0. The molecule has 0 bridgehead atoms. The van der Waals surface area contributed by atoms with Crippen molar-refractivity contribution < 1.29 is 23.8 Å². The lowest BCUT2D eigenvalue weighted by atomic mass is 10.00. The van der Waals surface area contributed by atoms with E-state index in [1.807, 2.05) is 0 Å². The summed E-state index contributed by atoms with van der Waals surface area (Å²) in [7, 11) is 0. The van der Waals surface area contributed by atoms with Crippen LogP contribution in [0.1, 0.15) is 27.5 Å². The smallest absolute Gasteiger partial charge is 0.335 e. The summed E-state index contributed by atoms with van der Waals surface area (Å²) in [6.07, 6.45) is -2.87. The maximum Gasteiger partial charge on any atom is 0.335 e. The molecule has 1 rings (SSSR count). The second-order valence-electron chi connectivity index (χ2n) is 3.40. The van der Waals surface area contributed by atoms with Crippen molar-refractivity contribution in [3.8, 4) is 5.75 Å². The number of benzene rings is 1. The van der Waals surface area contributed by atoms with Crippen molar-refractivity contribution in [1.82, 2.24) is 0 Å². The highest BCUT2D eigenvalue weighted by atomic mass is 35.5. The SMILES string of the molecule is Cc1cc(C(=O)O)cc([C@H](N)C(F)F)c1O.Cl. The second-order valence-corrected chi connectivity index (χ2v) is 3.40. The highest BCUT2D eigenvalue weighted by molar-refractivity contribution is 5.88. The summed E-state index contributed by atoms with van der Waals surface area (Å²) in [4.78, 5) is 10.7. The Morgan fingerprint density at radius 2 is 1.94 bits per heavy atom. The molecule has 0 aliphatic rings. The number of phenols is 1. The molecule has 4 nitrogen and oxygen atoms in total. The van der Waals surface area contributed by atoms with E-state index in [1.165, 1.54) is 13.0 Å². The predicted molar refractivity (Wildman–Crippen MR) is 60.0 cm³/mol. The van der Waals surface area contributed by atoms with Crippen molar-refractivity contribution in [2.45, 2.75) is 19.4 Å². The van der Waals surface area contributed by atoms with Gasteiger partial charge in [-0.1, -0.05) is 0 Å². The van der Waals surface area contributed by atoms with Gasteiger partial charge in [0.15, 0.2) is 0 Å². The van der Waals surface area contributed by atoms with Gasteiger partial charge in [-0.15, -0.1) is 12.4 Å². The van der Waals surface area contributed by atoms with Crippen LogP contribution < -0.4 is 5.73 Å². The fourth-order valence-electron chi connectivity index (χ4n) is 1.32. The zero-order chi connectivity index (χ0) is 12.5. The van der Waals surface area contributed by atoms with Gasteiger partial charge in [-0.05, 0) is 24.6 Å². The first-order chi connectivity index (χ1) is 7.34. The molecule has 1 aromatic rings. The third-order valence-electron chi connectivity index (χ3n) is 2.21. The van der Waals surface area contributed by atoms with Gasteiger partial charge in [0.2, 0.25) is 0 Å². The molecule has 0 aromatic heterocycles. The van der Waals surface area contributed by atoms with Crippen LogP contribution >= 0.6 is 12.4 Å². The minimum atomic E-state index is -2.87. The molecule has 0 saturated heterocycles. The van der Waals surface area contributed by atoms with Crippen LogP contribution in [0.25, 0.3) is 0 Å². The first-order valence-corrected chi connectivity index (χ1v) is 4.45. The van der Waals surface area contributed by atoms with Crippen molar-refractivity contribution in [3.63, 3.8) is 0 Å². The third-order valence-corrected chi connectivity index (χ3v) is 2.21. The number of carboxylic acid groups (broad SMARTS) is 1. The highest BCUT2D eigenvalue weighted by Gasteiger charge is 2.23. The maximum absolute atomic E-state index is 12.4. The Morgan fingerprint density at radius 1 is 1.41 bits per heavy atom. The molecule has 1 aromatic carbocycles. The van der Waals surface area contributed by atoms with E-state index in [-0.39, 0.29) is 29.1 Å². The zero-order valence-electron chi connectivity index (χ0n) is 8.85. The number of rotatable bonds is 3. The molecule has 96 valence electrons. The quantitative estimate of drug-likeness (QED) is 0.783. The van der Waals surface area contributed by atoms with Crippen LogP contribution in [0.3, 0.4) is 0 Å². The predicted octanol–water partition coefficient (Wildman–Crippen LogP) is 2.09. The molecular formula is C10H12ClF2NO3. The van der Waals surface area contributed by atoms with Crippen LogP contribution in [0.2, 0.25) is 0 Å². The normalized spacial score (nSPS) is 12.1. The number of aromatic carboxylic acids is 1. The molecule has 7 heteroatoms. The Morgan fingerprint density at radius 3 is 2.35 bits per heavy atom. The molecule has 0 radical (unpaired) electrons. The van der Waals surface area contributed by atoms with Gasteiger partial charge in [-0.25, -0.2) is 13.6 Å². The minimum Gasteiger partial charge on any atom is -0.507 e. The van der Waals surface area contributed by atoms with Crippen LogP contribution in [-0.2, 0) is 0 Å². The minimum absolute atomic E-state index is 0. The number of carboxylic acids is 1. The Balaban J connectivity index is 0.00000256. The molecule has 0 unspecified atom stereocenters. The molecule has 0 aliphatic heterocycles. The van der Waals surface area contributed by atoms with E-state index >= 15 is 0 Å². The molecule has 1 atom stereocenters. The summed E-state index contributed by atoms with van der Waals surface area (Å²) in [5, 5.41) is 18.3. The fourth-order valence-corrected chi connectivity index (χ4v) is 1.32. The van der Waals surface area contributed by atoms with Gasteiger partial charge >= 0.3 is 5.97 Å². The molecule has 0 spiro atoms. The van der Waals surface area contributed by atoms with Crippen molar-refractivity contribution in [2.75, 3.05) is 0 Å². The second kappa shape index (κ2) is 5.79. The Labute approximate surface area is 102 Å². The summed E-state index contributed by atoms with van der Waals surface area (Å²) in [5.41, 5.74) is 4.94. The number of alkyl halides is 2. The number of hydrogen-bond donors (Lipinski definition) is 3. The first kappa shape index (κ1) is 15.6.